The van der Waals surface area contributed by atoms with Gasteiger partial charge in [-0.1, -0.05) is 11.1 Å². The van der Waals surface area contributed by atoms with E-state index in [2.05, 4.69) is 4.98 Å². The maximum atomic E-state index is 13.1. The Labute approximate surface area is 159 Å². The van der Waals surface area contributed by atoms with E-state index in [1.165, 1.54) is 10.5 Å². The Hall–Kier alpha value is -3.68. The molecule has 0 fully saturated rings. The summed E-state index contributed by atoms with van der Waals surface area (Å²) in [6, 6.07) is 8.64. The number of hydrogen-bond donors (Lipinski definition) is 1. The Balaban J connectivity index is 2.10. The fourth-order valence-corrected chi connectivity index (χ4v) is 3.20. The van der Waals surface area contributed by atoms with Crippen molar-refractivity contribution in [1.29, 1.82) is 0 Å². The molecule has 4 aromatic heterocycles. The topological polar surface area (TPSA) is 104 Å². The molecule has 0 unspecified atom stereocenters. The minimum Gasteiger partial charge on any atom is -0.466 e. The van der Waals surface area contributed by atoms with E-state index < -0.39 is 5.97 Å². The average Bonchev–Trinajstić information content (AvgIpc) is 3.18. The van der Waals surface area contributed by atoms with Gasteiger partial charge in [0.05, 0.1) is 12.9 Å². The smallest absolute Gasteiger partial charge is 0.344 e. The van der Waals surface area contributed by atoms with Crippen molar-refractivity contribution in [2.45, 2.75) is 20.4 Å². The van der Waals surface area contributed by atoms with Crippen LogP contribution in [0.4, 0.5) is 5.82 Å². The molecule has 28 heavy (non-hydrogen) atoms. The SMILES string of the molecule is CCOC(=O)c1cc2c(=O)n3cccc(C)c3nc2[n+](Cc2ccco2)c1N. The summed E-state index contributed by atoms with van der Waals surface area (Å²) >= 11 is 0. The third kappa shape index (κ3) is 2.79. The zero-order valence-electron chi connectivity index (χ0n) is 15.5. The van der Waals surface area contributed by atoms with E-state index in [0.717, 1.165) is 5.56 Å². The molecule has 8 nitrogen and oxygen atoms in total. The van der Waals surface area contributed by atoms with Gasteiger partial charge >= 0.3 is 5.97 Å². The number of anilines is 1. The van der Waals surface area contributed by atoms with Crippen LogP contribution in [-0.2, 0) is 11.3 Å². The van der Waals surface area contributed by atoms with E-state index in [-0.39, 0.29) is 35.5 Å². The first-order chi connectivity index (χ1) is 13.5. The van der Waals surface area contributed by atoms with E-state index in [0.29, 0.717) is 17.1 Å². The molecule has 0 aliphatic rings. The van der Waals surface area contributed by atoms with Gasteiger partial charge in [-0.2, -0.15) is 0 Å². The number of pyridine rings is 2. The van der Waals surface area contributed by atoms with E-state index in [4.69, 9.17) is 14.9 Å². The molecular formula is C20H19N4O4+. The maximum Gasteiger partial charge on any atom is 0.344 e. The Bertz CT molecular complexity index is 1260. The van der Waals surface area contributed by atoms with Crippen molar-refractivity contribution in [3.8, 4) is 0 Å². The van der Waals surface area contributed by atoms with Crippen molar-refractivity contribution in [2.24, 2.45) is 0 Å². The second kappa shape index (κ2) is 6.80. The number of nitrogen functional groups attached to an aromatic ring is 1. The third-order valence-corrected chi connectivity index (χ3v) is 4.56. The van der Waals surface area contributed by atoms with E-state index in [9.17, 15) is 9.59 Å². The Kier molecular flexibility index (Phi) is 4.31. The highest BCUT2D eigenvalue weighted by Crippen LogP contribution is 2.17. The van der Waals surface area contributed by atoms with Crippen molar-refractivity contribution in [1.82, 2.24) is 9.38 Å². The van der Waals surface area contributed by atoms with Gasteiger partial charge in [0.15, 0.2) is 0 Å². The summed E-state index contributed by atoms with van der Waals surface area (Å²) < 4.78 is 13.6. The fourth-order valence-electron chi connectivity index (χ4n) is 3.20. The van der Waals surface area contributed by atoms with Crippen LogP contribution in [0.25, 0.3) is 16.7 Å². The number of rotatable bonds is 4. The van der Waals surface area contributed by atoms with Crippen LogP contribution in [-0.4, -0.2) is 22.0 Å². The number of nitrogens with two attached hydrogens (primary N) is 1. The molecular weight excluding hydrogens is 360 g/mol. The molecule has 0 saturated heterocycles. The van der Waals surface area contributed by atoms with Gasteiger partial charge in [0.25, 0.3) is 11.2 Å². The lowest BCUT2D eigenvalue weighted by molar-refractivity contribution is -0.651. The molecule has 0 aliphatic heterocycles. The molecule has 0 aromatic carbocycles. The zero-order valence-corrected chi connectivity index (χ0v) is 15.5. The Morgan fingerprint density at radius 3 is 2.89 bits per heavy atom. The van der Waals surface area contributed by atoms with Gasteiger partial charge in [-0.15, -0.1) is 0 Å². The molecule has 0 radical (unpaired) electrons. The van der Waals surface area contributed by atoms with Crippen LogP contribution >= 0.6 is 0 Å². The predicted molar refractivity (Wildman–Crippen MR) is 102 cm³/mol. The summed E-state index contributed by atoms with van der Waals surface area (Å²) in [4.78, 5) is 30.2. The second-order valence-electron chi connectivity index (χ2n) is 6.37. The molecule has 0 atom stereocenters. The minimum absolute atomic E-state index is 0.118. The normalized spacial score (nSPS) is 11.2. The fraction of sp³-hybridized carbons (Fsp3) is 0.200. The van der Waals surface area contributed by atoms with Gasteiger partial charge in [-0.3, -0.25) is 9.20 Å². The number of furan rings is 1. The summed E-state index contributed by atoms with van der Waals surface area (Å²) in [6.45, 7) is 4.00. The highest BCUT2D eigenvalue weighted by Gasteiger charge is 2.26. The van der Waals surface area contributed by atoms with Gasteiger partial charge in [0.1, 0.15) is 23.3 Å². The highest BCUT2D eigenvalue weighted by atomic mass is 16.5. The Morgan fingerprint density at radius 1 is 1.36 bits per heavy atom. The second-order valence-corrected chi connectivity index (χ2v) is 6.37. The van der Waals surface area contributed by atoms with E-state index in [1.807, 2.05) is 13.0 Å². The van der Waals surface area contributed by atoms with Crippen LogP contribution in [0.2, 0.25) is 0 Å². The number of aryl methyl sites for hydroxylation is 1. The number of carbonyl (C=O) groups excluding carboxylic acids is 1. The van der Waals surface area contributed by atoms with Crippen molar-refractivity contribution < 1.29 is 18.5 Å². The molecule has 2 N–H and O–H groups in total. The predicted octanol–water partition coefficient (Wildman–Crippen LogP) is 1.84. The number of fused-ring (bicyclic) bond motifs is 2. The molecule has 0 amide bonds. The molecule has 4 aromatic rings. The van der Waals surface area contributed by atoms with Gasteiger partial charge in [0.2, 0.25) is 11.5 Å². The van der Waals surface area contributed by atoms with E-state index in [1.54, 1.807) is 42.1 Å². The van der Waals surface area contributed by atoms with Crippen LogP contribution in [0.1, 0.15) is 28.6 Å². The first kappa shape index (κ1) is 17.7. The number of esters is 1. The maximum absolute atomic E-state index is 13.1. The van der Waals surface area contributed by atoms with Gasteiger partial charge in [-0.05, 0) is 38.1 Å². The largest absolute Gasteiger partial charge is 0.466 e. The molecule has 0 bridgehead atoms. The lowest BCUT2D eigenvalue weighted by atomic mass is 10.2. The van der Waals surface area contributed by atoms with Crippen molar-refractivity contribution in [3.05, 3.63) is 70.0 Å². The average molecular weight is 379 g/mol. The van der Waals surface area contributed by atoms with Crippen LogP contribution in [0.3, 0.4) is 0 Å². The summed E-state index contributed by atoms with van der Waals surface area (Å²) in [5.41, 5.74) is 7.88. The van der Waals surface area contributed by atoms with Crippen molar-refractivity contribution in [2.75, 3.05) is 12.3 Å². The number of nitrogens with zero attached hydrogens (tertiary/aromatic N) is 3. The minimum atomic E-state index is -0.594. The van der Waals surface area contributed by atoms with Gasteiger partial charge < -0.3 is 14.9 Å². The third-order valence-electron chi connectivity index (χ3n) is 4.56. The lowest BCUT2D eigenvalue weighted by Crippen LogP contribution is -2.42. The number of aromatic nitrogens is 3. The standard InChI is InChI=1S/C20H18N4O4/c1-3-27-20(26)14-10-15-18(24(16(14)21)11-13-7-5-9-28-13)22-17-12(2)6-4-8-23(17)19(15)25/h4-10,21H,3,11H2,1-2H3/p+1. The zero-order chi connectivity index (χ0) is 19.8. The number of hydrogen-bond acceptors (Lipinski definition) is 6. The summed E-state index contributed by atoms with van der Waals surface area (Å²) in [7, 11) is 0. The monoisotopic (exact) mass is 379 g/mol. The molecule has 0 saturated carbocycles. The van der Waals surface area contributed by atoms with Crippen molar-refractivity contribution >= 4 is 28.5 Å². The summed E-state index contributed by atoms with van der Waals surface area (Å²) in [5, 5.41) is 0.270. The molecule has 142 valence electrons. The molecule has 4 heterocycles. The van der Waals surface area contributed by atoms with Gasteiger partial charge in [-0.25, -0.2) is 9.36 Å². The van der Waals surface area contributed by atoms with Crippen LogP contribution in [0.15, 0.2) is 52.0 Å². The number of carbonyl (C=O) groups is 1. The molecule has 0 spiro atoms. The summed E-state index contributed by atoms with van der Waals surface area (Å²) in [6.07, 6.45) is 3.19. The molecule has 4 rings (SSSR count). The van der Waals surface area contributed by atoms with E-state index >= 15 is 0 Å². The van der Waals surface area contributed by atoms with Crippen molar-refractivity contribution in [3.63, 3.8) is 0 Å². The first-order valence-corrected chi connectivity index (χ1v) is 8.84. The van der Waals surface area contributed by atoms with Gasteiger partial charge in [0, 0.05) is 11.8 Å². The summed E-state index contributed by atoms with van der Waals surface area (Å²) in [5.74, 6) is 0.182. The first-order valence-electron chi connectivity index (χ1n) is 8.84. The van der Waals surface area contributed by atoms with Crippen LogP contribution < -0.4 is 15.9 Å². The Morgan fingerprint density at radius 2 is 2.18 bits per heavy atom. The lowest BCUT2D eigenvalue weighted by Gasteiger charge is -2.11. The van der Waals surface area contributed by atoms with Crippen LogP contribution in [0, 0.1) is 6.92 Å². The quantitative estimate of drug-likeness (QED) is 0.330. The number of ether oxygens (including phenoxy) is 1. The molecule has 0 aliphatic carbocycles. The molecule has 8 heteroatoms. The van der Waals surface area contributed by atoms with Crippen LogP contribution in [0.5, 0.6) is 0 Å². The highest BCUT2D eigenvalue weighted by molar-refractivity contribution is 5.96.